The van der Waals surface area contributed by atoms with Gasteiger partial charge in [-0.3, -0.25) is 10.1 Å². The molecule has 0 spiro atoms. The summed E-state index contributed by atoms with van der Waals surface area (Å²) in [6.45, 7) is 3.69. The van der Waals surface area contributed by atoms with Crippen molar-refractivity contribution in [2.75, 3.05) is 10.2 Å². The van der Waals surface area contributed by atoms with Crippen LogP contribution in [0.5, 0.6) is 0 Å². The van der Waals surface area contributed by atoms with Crippen LogP contribution in [-0.4, -0.2) is 36.3 Å². The highest BCUT2D eigenvalue weighted by molar-refractivity contribution is 6.30. The number of alkyl halides is 6. The van der Waals surface area contributed by atoms with Crippen LogP contribution in [0.1, 0.15) is 55.5 Å². The fourth-order valence-electron chi connectivity index (χ4n) is 4.50. The number of guanidine groups is 1. The third-order valence-corrected chi connectivity index (χ3v) is 7.10. The number of halogens is 8. The normalized spacial score (nSPS) is 14.4. The number of amides is 1. The lowest BCUT2D eigenvalue weighted by atomic mass is 10.0. The van der Waals surface area contributed by atoms with Crippen LogP contribution in [0.3, 0.4) is 0 Å². The summed E-state index contributed by atoms with van der Waals surface area (Å²) < 4.78 is 95.6. The molecule has 244 valence electrons. The van der Waals surface area contributed by atoms with Crippen molar-refractivity contribution in [1.29, 1.82) is 0 Å². The van der Waals surface area contributed by atoms with Crippen LogP contribution in [0.15, 0.2) is 77.8 Å². The summed E-state index contributed by atoms with van der Waals surface area (Å²) in [5.74, 6) is -1.78. The summed E-state index contributed by atoms with van der Waals surface area (Å²) in [4.78, 5) is 19.2. The molecule has 0 aromatic heterocycles. The van der Waals surface area contributed by atoms with E-state index in [-0.39, 0.29) is 11.3 Å². The first-order valence-corrected chi connectivity index (χ1v) is 14.4. The van der Waals surface area contributed by atoms with E-state index in [4.69, 9.17) is 17.3 Å². The second-order valence-corrected chi connectivity index (χ2v) is 10.8. The highest BCUT2D eigenvalue weighted by Gasteiger charge is 2.40. The molecule has 0 radical (unpaired) electrons. The molecule has 14 heteroatoms. The van der Waals surface area contributed by atoms with Gasteiger partial charge in [0.1, 0.15) is 18.0 Å². The van der Waals surface area contributed by atoms with Gasteiger partial charge in [-0.2, -0.15) is 26.3 Å². The minimum atomic E-state index is -4.82. The quantitative estimate of drug-likeness (QED) is 0.110. The molecule has 0 bridgehead atoms. The van der Waals surface area contributed by atoms with Gasteiger partial charge in [0, 0.05) is 34.4 Å². The average Bonchev–Trinajstić information content (AvgIpc) is 2.96. The summed E-state index contributed by atoms with van der Waals surface area (Å²) in [5.41, 5.74) is 4.83. The topological polar surface area (TPSA) is 82.8 Å². The Morgan fingerprint density at radius 2 is 1.64 bits per heavy atom. The zero-order valence-electron chi connectivity index (χ0n) is 24.4. The molecule has 0 saturated carbocycles. The first-order valence-electron chi connectivity index (χ1n) is 14.0. The van der Waals surface area contributed by atoms with Crippen LogP contribution in [0.4, 0.5) is 42.1 Å². The Hall–Kier alpha value is -3.84. The van der Waals surface area contributed by atoms with Crippen molar-refractivity contribution >= 4 is 34.8 Å². The SMILES string of the molecule is CCCCC(C)N(c1ccc(F)cc1)C(CC(N)C(F)(F)F)N=C(NC(=O)c1ccc(Cl)cc1)Nc1cccc(C(F)(F)F)c1. The number of nitrogens with two attached hydrogens (primary N) is 1. The van der Waals surface area contributed by atoms with Crippen molar-refractivity contribution < 1.29 is 35.5 Å². The maximum absolute atomic E-state index is 13.9. The molecular weight excluding hydrogens is 627 g/mol. The molecule has 4 N–H and O–H groups in total. The second kappa shape index (κ2) is 15.4. The molecule has 3 unspecified atom stereocenters. The third kappa shape index (κ3) is 10.6. The van der Waals surface area contributed by atoms with E-state index in [0.29, 0.717) is 23.6 Å². The van der Waals surface area contributed by atoms with Gasteiger partial charge in [-0.05, 0) is 80.1 Å². The van der Waals surface area contributed by atoms with Crippen LogP contribution in [0.25, 0.3) is 0 Å². The predicted molar refractivity (Wildman–Crippen MR) is 162 cm³/mol. The Morgan fingerprint density at radius 1 is 1.00 bits per heavy atom. The number of nitrogens with zero attached hydrogens (tertiary/aromatic N) is 2. The predicted octanol–water partition coefficient (Wildman–Crippen LogP) is 8.39. The Balaban J connectivity index is 2.18. The standard InChI is InChI=1S/C31H33ClF7N5O/c1-3-4-6-19(2)44(25-15-13-23(33)14-16-25)27(18-26(40)31(37,38)39)42-29(43-28(45)20-9-11-22(32)12-10-20)41-24-8-5-7-21(17-24)30(34,35)36/h5,7-17,19,26-27H,3-4,6,18,40H2,1-2H3,(H2,41,42,43,45). The summed E-state index contributed by atoms with van der Waals surface area (Å²) >= 11 is 5.91. The number of rotatable bonds is 11. The van der Waals surface area contributed by atoms with E-state index in [1.165, 1.54) is 47.4 Å². The minimum Gasteiger partial charge on any atom is -0.347 e. The van der Waals surface area contributed by atoms with Gasteiger partial charge in [0.05, 0.1) is 5.56 Å². The van der Waals surface area contributed by atoms with E-state index in [0.717, 1.165) is 36.8 Å². The van der Waals surface area contributed by atoms with E-state index < -0.39 is 60.3 Å². The van der Waals surface area contributed by atoms with Gasteiger partial charge >= 0.3 is 12.4 Å². The van der Waals surface area contributed by atoms with E-state index in [2.05, 4.69) is 15.6 Å². The molecule has 3 atom stereocenters. The summed E-state index contributed by atoms with van der Waals surface area (Å²) in [5, 5.41) is 5.43. The van der Waals surface area contributed by atoms with Gasteiger partial charge in [0.25, 0.3) is 5.91 Å². The highest BCUT2D eigenvalue weighted by Crippen LogP contribution is 2.32. The molecule has 0 aliphatic heterocycles. The zero-order valence-corrected chi connectivity index (χ0v) is 25.1. The minimum absolute atomic E-state index is 0.0909. The van der Waals surface area contributed by atoms with Gasteiger partial charge in [0.15, 0.2) is 0 Å². The number of anilines is 2. The van der Waals surface area contributed by atoms with Crippen molar-refractivity contribution in [1.82, 2.24) is 5.32 Å². The fourth-order valence-corrected chi connectivity index (χ4v) is 4.62. The Labute approximate surface area is 261 Å². The molecule has 0 heterocycles. The average molecular weight is 660 g/mol. The maximum atomic E-state index is 13.9. The van der Waals surface area contributed by atoms with Gasteiger partial charge in [-0.1, -0.05) is 37.4 Å². The zero-order chi connectivity index (χ0) is 33.4. The maximum Gasteiger partial charge on any atom is 0.416 e. The van der Waals surface area contributed by atoms with Crippen molar-refractivity contribution in [3.63, 3.8) is 0 Å². The van der Waals surface area contributed by atoms with Crippen LogP contribution in [0.2, 0.25) is 5.02 Å². The Morgan fingerprint density at radius 3 is 2.22 bits per heavy atom. The van der Waals surface area contributed by atoms with E-state index in [1.54, 1.807) is 6.92 Å². The molecule has 3 aromatic rings. The first kappa shape index (κ1) is 35.6. The molecule has 45 heavy (non-hydrogen) atoms. The van der Waals surface area contributed by atoms with Crippen molar-refractivity contribution in [2.24, 2.45) is 10.7 Å². The van der Waals surface area contributed by atoms with Gasteiger partial charge in [-0.25, -0.2) is 9.38 Å². The number of hydrogen-bond acceptors (Lipinski definition) is 4. The lowest BCUT2D eigenvalue weighted by molar-refractivity contribution is -0.149. The van der Waals surface area contributed by atoms with Crippen LogP contribution in [-0.2, 0) is 6.18 Å². The summed E-state index contributed by atoms with van der Waals surface area (Å²) in [6, 6.07) is 11.9. The number of carbonyl (C=O) groups excluding carboxylic acids is 1. The number of benzene rings is 3. The van der Waals surface area contributed by atoms with E-state index in [1.807, 2.05) is 6.92 Å². The van der Waals surface area contributed by atoms with E-state index >= 15 is 0 Å². The lowest BCUT2D eigenvalue weighted by Gasteiger charge is -2.38. The van der Waals surface area contributed by atoms with Crippen LogP contribution in [0, 0.1) is 5.82 Å². The number of aliphatic imine (C=N–C) groups is 1. The van der Waals surface area contributed by atoms with Gasteiger partial charge in [0.2, 0.25) is 5.96 Å². The smallest absolute Gasteiger partial charge is 0.347 e. The van der Waals surface area contributed by atoms with E-state index in [9.17, 15) is 35.5 Å². The molecule has 3 rings (SSSR count). The van der Waals surface area contributed by atoms with Crippen LogP contribution < -0.4 is 21.3 Å². The second-order valence-electron chi connectivity index (χ2n) is 10.4. The molecule has 3 aromatic carbocycles. The number of unbranched alkanes of at least 4 members (excludes halogenated alkanes) is 1. The number of nitrogens with one attached hydrogen (secondary N) is 2. The first-order chi connectivity index (χ1) is 21.1. The summed E-state index contributed by atoms with van der Waals surface area (Å²) in [6.07, 6.45) is -9.76. The summed E-state index contributed by atoms with van der Waals surface area (Å²) in [7, 11) is 0. The Bertz CT molecular complexity index is 1430. The van der Waals surface area contributed by atoms with Crippen LogP contribution >= 0.6 is 11.6 Å². The van der Waals surface area contributed by atoms with Gasteiger partial charge in [-0.15, -0.1) is 0 Å². The molecule has 0 aliphatic rings. The largest absolute Gasteiger partial charge is 0.416 e. The molecule has 0 aliphatic carbocycles. The Kier molecular flexibility index (Phi) is 12.2. The number of hydrogen-bond donors (Lipinski definition) is 3. The van der Waals surface area contributed by atoms with Crippen molar-refractivity contribution in [3.05, 3.63) is 94.8 Å². The lowest BCUT2D eigenvalue weighted by Crippen LogP contribution is -2.49. The fraction of sp³-hybridized carbons (Fsp3) is 0.355. The molecular formula is C31H33ClF7N5O. The molecule has 0 fully saturated rings. The van der Waals surface area contributed by atoms with Gasteiger partial charge < -0.3 is 16.0 Å². The monoisotopic (exact) mass is 659 g/mol. The molecule has 0 saturated heterocycles. The van der Waals surface area contributed by atoms with Crippen molar-refractivity contribution in [3.8, 4) is 0 Å². The third-order valence-electron chi connectivity index (χ3n) is 6.85. The molecule has 1 amide bonds. The molecule has 6 nitrogen and oxygen atoms in total. The number of carbonyl (C=O) groups is 1. The van der Waals surface area contributed by atoms with Crippen molar-refractivity contribution in [2.45, 2.75) is 70.1 Å². The highest BCUT2D eigenvalue weighted by atomic mass is 35.5.